The van der Waals surface area contributed by atoms with Crippen LogP contribution in [0.2, 0.25) is 0 Å². The maximum Gasteiger partial charge on any atom is 0.230 e. The molecule has 0 heterocycles. The van der Waals surface area contributed by atoms with Gasteiger partial charge in [0.05, 0.1) is 5.41 Å². The third-order valence-corrected chi connectivity index (χ3v) is 4.85. The lowest BCUT2D eigenvalue weighted by molar-refractivity contribution is -0.138. The highest BCUT2D eigenvalue weighted by atomic mass is 127. The Morgan fingerprint density at radius 2 is 1.71 bits per heavy atom. The minimum absolute atomic E-state index is 0. The molecule has 0 atom stereocenters. The van der Waals surface area contributed by atoms with Crippen LogP contribution in [0.4, 0.5) is 0 Å². The highest BCUT2D eigenvalue weighted by Crippen LogP contribution is 2.38. The van der Waals surface area contributed by atoms with Crippen LogP contribution in [0.25, 0.3) is 0 Å². The van der Waals surface area contributed by atoms with Crippen LogP contribution >= 0.6 is 24.0 Å². The van der Waals surface area contributed by atoms with Crippen LogP contribution in [-0.4, -0.2) is 75.5 Å². The molecule has 1 saturated carbocycles. The number of carbonyl (C=O) groups is 1. The first-order valence-corrected chi connectivity index (χ1v) is 8.87. The number of nitrogens with one attached hydrogen (secondary N) is 2. The van der Waals surface area contributed by atoms with E-state index in [1.54, 1.807) is 11.9 Å². The fourth-order valence-electron chi connectivity index (χ4n) is 3.34. The molecule has 0 aliphatic heterocycles. The second kappa shape index (κ2) is 11.9. The van der Waals surface area contributed by atoms with Gasteiger partial charge in [-0.05, 0) is 25.9 Å². The lowest BCUT2D eigenvalue weighted by Crippen LogP contribution is -2.50. The number of guanidine groups is 1. The van der Waals surface area contributed by atoms with Crippen molar-refractivity contribution in [2.45, 2.75) is 39.5 Å². The predicted octanol–water partition coefficient (Wildman–Crippen LogP) is 1.76. The summed E-state index contributed by atoms with van der Waals surface area (Å²) >= 11 is 0. The molecule has 0 radical (unpaired) electrons. The van der Waals surface area contributed by atoms with Crippen molar-refractivity contribution in [1.82, 2.24) is 20.4 Å². The third-order valence-electron chi connectivity index (χ3n) is 4.85. The van der Waals surface area contributed by atoms with Gasteiger partial charge < -0.3 is 20.4 Å². The second-order valence-electron chi connectivity index (χ2n) is 6.57. The molecule has 1 aliphatic carbocycles. The number of hydrogen-bond donors (Lipinski definition) is 2. The number of halogens is 1. The van der Waals surface area contributed by atoms with Crippen molar-refractivity contribution in [3.63, 3.8) is 0 Å². The number of nitrogens with zero attached hydrogens (tertiary/aromatic N) is 3. The van der Waals surface area contributed by atoms with Crippen molar-refractivity contribution in [2.24, 2.45) is 10.4 Å². The average molecular weight is 453 g/mol. The van der Waals surface area contributed by atoms with Crippen molar-refractivity contribution in [3.05, 3.63) is 0 Å². The highest BCUT2D eigenvalue weighted by molar-refractivity contribution is 14.0. The first-order valence-electron chi connectivity index (χ1n) is 8.87. The predicted molar refractivity (Wildman–Crippen MR) is 112 cm³/mol. The Labute approximate surface area is 164 Å². The molecule has 0 aromatic heterocycles. The van der Waals surface area contributed by atoms with Gasteiger partial charge in [0.15, 0.2) is 5.96 Å². The van der Waals surface area contributed by atoms with Crippen molar-refractivity contribution in [2.75, 3.05) is 53.9 Å². The summed E-state index contributed by atoms with van der Waals surface area (Å²) in [5.74, 6) is 1.02. The van der Waals surface area contributed by atoms with E-state index in [0.717, 1.165) is 57.8 Å². The number of rotatable bonds is 8. The smallest absolute Gasteiger partial charge is 0.230 e. The van der Waals surface area contributed by atoms with E-state index in [1.165, 1.54) is 0 Å². The molecule has 0 aromatic carbocycles. The summed E-state index contributed by atoms with van der Waals surface area (Å²) in [4.78, 5) is 20.9. The lowest BCUT2D eigenvalue weighted by atomic mass is 9.84. The zero-order valence-corrected chi connectivity index (χ0v) is 18.4. The minimum Gasteiger partial charge on any atom is -0.355 e. The summed E-state index contributed by atoms with van der Waals surface area (Å²) in [7, 11) is 5.47. The summed E-state index contributed by atoms with van der Waals surface area (Å²) in [6, 6.07) is 0. The maximum absolute atomic E-state index is 12.6. The van der Waals surface area contributed by atoms with Gasteiger partial charge in [-0.1, -0.05) is 26.7 Å². The quantitative estimate of drug-likeness (QED) is 0.334. The Morgan fingerprint density at radius 3 is 2.17 bits per heavy atom. The summed E-state index contributed by atoms with van der Waals surface area (Å²) < 4.78 is 0. The number of amides is 1. The topological polar surface area (TPSA) is 60.0 Å². The van der Waals surface area contributed by atoms with E-state index in [1.807, 2.05) is 14.1 Å². The van der Waals surface area contributed by atoms with E-state index >= 15 is 0 Å². The highest BCUT2D eigenvalue weighted by Gasteiger charge is 2.42. The second-order valence-corrected chi connectivity index (χ2v) is 6.57. The Bertz CT molecular complexity index is 390. The van der Waals surface area contributed by atoms with E-state index < -0.39 is 0 Å². The lowest BCUT2D eigenvalue weighted by Gasteiger charge is -2.31. The largest absolute Gasteiger partial charge is 0.355 e. The Kier molecular flexibility index (Phi) is 11.6. The molecule has 0 spiro atoms. The van der Waals surface area contributed by atoms with Crippen molar-refractivity contribution in [3.8, 4) is 0 Å². The van der Waals surface area contributed by atoms with Gasteiger partial charge in [-0.25, -0.2) is 0 Å². The molecular weight excluding hydrogens is 417 g/mol. The van der Waals surface area contributed by atoms with E-state index in [4.69, 9.17) is 0 Å². The Balaban J connectivity index is 0.00000529. The third kappa shape index (κ3) is 6.74. The summed E-state index contributed by atoms with van der Waals surface area (Å²) in [6.07, 6.45) is 4.20. The monoisotopic (exact) mass is 453 g/mol. The zero-order chi connectivity index (χ0) is 17.3. The number of aliphatic imine (C=N–C) groups is 1. The summed E-state index contributed by atoms with van der Waals surface area (Å²) in [5, 5.41) is 6.72. The van der Waals surface area contributed by atoms with Gasteiger partial charge in [-0.15, -0.1) is 24.0 Å². The van der Waals surface area contributed by atoms with Crippen LogP contribution in [0.5, 0.6) is 0 Å². The molecule has 0 saturated heterocycles. The summed E-state index contributed by atoms with van der Waals surface area (Å²) in [6.45, 7) is 8.98. The van der Waals surface area contributed by atoms with Crippen LogP contribution in [-0.2, 0) is 4.79 Å². The Hall–Kier alpha value is -0.570. The molecule has 1 amide bonds. The van der Waals surface area contributed by atoms with Gasteiger partial charge in [0, 0.05) is 40.8 Å². The maximum atomic E-state index is 12.6. The average Bonchev–Trinajstić information content (AvgIpc) is 3.03. The first-order chi connectivity index (χ1) is 11.0. The SMILES string of the molecule is CCN(CC)CCNC(=NC)NCC1(C(=O)N(C)C)CCCC1.I. The van der Waals surface area contributed by atoms with Crippen LogP contribution in [0, 0.1) is 5.41 Å². The molecule has 7 heteroatoms. The van der Waals surface area contributed by atoms with Gasteiger partial charge in [-0.3, -0.25) is 9.79 Å². The van der Waals surface area contributed by atoms with E-state index in [9.17, 15) is 4.79 Å². The molecule has 6 nitrogen and oxygen atoms in total. The fourth-order valence-corrected chi connectivity index (χ4v) is 3.34. The van der Waals surface area contributed by atoms with Gasteiger partial charge >= 0.3 is 0 Å². The molecule has 142 valence electrons. The Morgan fingerprint density at radius 1 is 1.12 bits per heavy atom. The molecule has 24 heavy (non-hydrogen) atoms. The van der Waals surface area contributed by atoms with Crippen molar-refractivity contribution in [1.29, 1.82) is 0 Å². The van der Waals surface area contributed by atoms with Crippen LogP contribution in [0.15, 0.2) is 4.99 Å². The fraction of sp³-hybridized carbons (Fsp3) is 0.882. The molecule has 1 fully saturated rings. The van der Waals surface area contributed by atoms with Crippen LogP contribution < -0.4 is 10.6 Å². The molecule has 1 aliphatic rings. The van der Waals surface area contributed by atoms with E-state index in [2.05, 4.69) is 34.4 Å². The van der Waals surface area contributed by atoms with Crippen LogP contribution in [0.3, 0.4) is 0 Å². The molecule has 0 unspecified atom stereocenters. The standard InChI is InChI=1S/C17H35N5O.HI/c1-6-22(7-2)13-12-19-16(18-3)20-14-17(10-8-9-11-17)15(23)21(4)5;/h6-14H2,1-5H3,(H2,18,19,20);1H. The van der Waals surface area contributed by atoms with Crippen LogP contribution in [0.1, 0.15) is 39.5 Å². The zero-order valence-electron chi connectivity index (χ0n) is 16.0. The van der Waals surface area contributed by atoms with E-state index in [-0.39, 0.29) is 35.3 Å². The molecular formula is C17H36IN5O. The van der Waals surface area contributed by atoms with Crippen molar-refractivity contribution >= 4 is 35.8 Å². The van der Waals surface area contributed by atoms with Gasteiger partial charge in [0.2, 0.25) is 5.91 Å². The number of carbonyl (C=O) groups excluding carboxylic acids is 1. The molecule has 2 N–H and O–H groups in total. The molecule has 0 bridgehead atoms. The van der Waals surface area contributed by atoms with Crippen molar-refractivity contribution < 1.29 is 4.79 Å². The van der Waals surface area contributed by atoms with Gasteiger partial charge in [0.25, 0.3) is 0 Å². The van der Waals surface area contributed by atoms with E-state index in [0.29, 0.717) is 6.54 Å². The van der Waals surface area contributed by atoms with Gasteiger partial charge in [-0.2, -0.15) is 0 Å². The number of hydrogen-bond acceptors (Lipinski definition) is 3. The van der Waals surface area contributed by atoms with Gasteiger partial charge in [0.1, 0.15) is 0 Å². The first kappa shape index (κ1) is 23.4. The molecule has 1 rings (SSSR count). The minimum atomic E-state index is -0.264. The number of likely N-dealkylation sites (N-methyl/N-ethyl adjacent to an activating group) is 1. The summed E-state index contributed by atoms with van der Waals surface area (Å²) in [5.41, 5.74) is -0.264. The molecule has 0 aromatic rings. The normalized spacial score (nSPS) is 16.7.